The van der Waals surface area contributed by atoms with Crippen LogP contribution in [0.3, 0.4) is 0 Å². The molecular formula is C21H24ClFN2O3Os. The molecule has 3 rings (SSSR count). The van der Waals surface area contributed by atoms with Gasteiger partial charge in [0.15, 0.2) is 5.91 Å². The first-order valence-corrected chi connectivity index (χ1v) is 12.0. The third kappa shape index (κ3) is 9.60. The molecule has 1 amide bonds. The van der Waals surface area contributed by atoms with Crippen molar-refractivity contribution in [1.29, 1.82) is 0 Å². The fourth-order valence-corrected chi connectivity index (χ4v) is 2.59. The predicted molar refractivity (Wildman–Crippen MR) is 110 cm³/mol. The van der Waals surface area contributed by atoms with Crippen LogP contribution < -0.4 is 5.32 Å². The number of carbonyl (C=O) groups is 1. The maximum atomic E-state index is 12.9. The molecule has 0 bridgehead atoms. The number of nitrogens with zero attached hydrogens (tertiary/aromatic N) is 1. The van der Waals surface area contributed by atoms with Crippen LogP contribution in [0.2, 0.25) is 5.02 Å². The summed E-state index contributed by atoms with van der Waals surface area (Å²) >= 11 is 4.53. The Morgan fingerprint density at radius 1 is 1.41 bits per heavy atom. The average Bonchev–Trinajstić information content (AvgIpc) is 2.73. The van der Waals surface area contributed by atoms with Gasteiger partial charge >= 0.3 is 25.5 Å². The number of carbonyl (C=O) groups excluding carboxylic acids is 1. The third-order valence-electron chi connectivity index (χ3n) is 4.28. The molecule has 1 aliphatic rings. The van der Waals surface area contributed by atoms with Crippen LogP contribution in [0.15, 0.2) is 42.5 Å². The summed E-state index contributed by atoms with van der Waals surface area (Å²) in [5, 5.41) is 18.8. The van der Waals surface area contributed by atoms with Crippen molar-refractivity contribution in [2.24, 2.45) is 5.41 Å². The Bertz CT molecular complexity index is 809. The Morgan fingerprint density at radius 2 is 2.07 bits per heavy atom. The van der Waals surface area contributed by atoms with E-state index in [4.69, 9.17) is 20.2 Å². The molecule has 2 aromatic carbocycles. The summed E-state index contributed by atoms with van der Waals surface area (Å²) < 4.78 is 21.9. The summed E-state index contributed by atoms with van der Waals surface area (Å²) in [5.41, 5.74) is 1.11. The van der Waals surface area contributed by atoms with E-state index >= 15 is 0 Å². The first-order chi connectivity index (χ1) is 13.8. The van der Waals surface area contributed by atoms with Gasteiger partial charge in [-0.1, -0.05) is 36.9 Å². The number of amides is 1. The molecule has 8 heteroatoms. The van der Waals surface area contributed by atoms with E-state index in [2.05, 4.69) is 28.7 Å². The van der Waals surface area contributed by atoms with E-state index in [-0.39, 0.29) is 16.3 Å². The zero-order valence-electron chi connectivity index (χ0n) is 16.1. The van der Waals surface area contributed by atoms with Gasteiger partial charge < -0.3 is 15.7 Å². The van der Waals surface area contributed by atoms with E-state index in [1.165, 1.54) is 18.2 Å². The number of aliphatic hydroxyl groups excluding tert-OH is 1. The molecule has 0 unspecified atom stereocenters. The summed E-state index contributed by atoms with van der Waals surface area (Å²) in [6.07, 6.45) is 2.12. The molecule has 1 aliphatic heterocycles. The van der Waals surface area contributed by atoms with Crippen LogP contribution in [0.5, 0.6) is 0 Å². The second-order valence-electron chi connectivity index (χ2n) is 6.62. The Kier molecular flexibility index (Phi) is 11.9. The van der Waals surface area contributed by atoms with E-state index in [1.54, 1.807) is 24.3 Å². The van der Waals surface area contributed by atoms with Gasteiger partial charge in [-0.2, -0.15) is 30.3 Å². The molecule has 5 nitrogen and oxygen atoms in total. The minimum atomic E-state index is -1.08. The van der Waals surface area contributed by atoms with Crippen LogP contribution in [0, 0.1) is 17.3 Å². The third-order valence-corrected chi connectivity index (χ3v) is 4.57. The van der Waals surface area contributed by atoms with Gasteiger partial charge in [-0.15, -0.1) is 13.1 Å². The summed E-state index contributed by atoms with van der Waals surface area (Å²) in [5.74, 6) is -0.803. The van der Waals surface area contributed by atoms with Gasteiger partial charge in [-0.05, 0) is 23.6 Å². The number of anilines is 1. The molecular weight excluding hydrogens is 573 g/mol. The summed E-state index contributed by atoms with van der Waals surface area (Å²) in [4.78, 5) is 11.7. The van der Waals surface area contributed by atoms with E-state index in [0.717, 1.165) is 25.9 Å². The molecule has 0 aromatic heterocycles. The zero-order chi connectivity index (χ0) is 21.7. The fourth-order valence-electron chi connectivity index (χ4n) is 2.40. The molecule has 1 heterocycles. The number of aliphatic hydroxyl groups is 1. The van der Waals surface area contributed by atoms with Crippen molar-refractivity contribution in [3.05, 3.63) is 70.3 Å². The first-order valence-electron chi connectivity index (χ1n) is 8.80. The van der Waals surface area contributed by atoms with Crippen molar-refractivity contribution in [2.45, 2.75) is 19.8 Å². The number of halogens is 2. The van der Waals surface area contributed by atoms with Gasteiger partial charge in [0.1, 0.15) is 5.82 Å². The Labute approximate surface area is 183 Å². The summed E-state index contributed by atoms with van der Waals surface area (Å²) in [6.45, 7) is 4.33. The fraction of sp³-hybridized carbons (Fsp3) is 0.333. The summed E-state index contributed by atoms with van der Waals surface area (Å²) in [6, 6.07) is 13.5. The van der Waals surface area contributed by atoms with Crippen LogP contribution >= 0.6 is 11.6 Å². The van der Waals surface area contributed by atoms with E-state index in [9.17, 15) is 9.18 Å². The average molecular weight is 597 g/mol. The summed E-state index contributed by atoms with van der Waals surface area (Å²) in [7, 11) is 0. The predicted octanol–water partition coefficient (Wildman–Crippen LogP) is 4.53. The van der Waals surface area contributed by atoms with Crippen LogP contribution in [0.25, 0.3) is 5.32 Å². The van der Waals surface area contributed by atoms with Gasteiger partial charge in [0.25, 0.3) is 0 Å². The molecule has 2 aromatic rings. The number of hydrogen-bond donors (Lipinski definition) is 2. The number of piperidine rings is 1. The second-order valence-corrected chi connectivity index (χ2v) is 7.76. The number of nitrogens with one attached hydrogen (secondary N) is 1. The van der Waals surface area contributed by atoms with Gasteiger partial charge in [0.2, 0.25) is 0 Å². The molecule has 0 saturated carbocycles. The van der Waals surface area contributed by atoms with Gasteiger partial charge in [0, 0.05) is 12.3 Å². The maximum absolute atomic E-state index is 12.9. The number of benzene rings is 2. The van der Waals surface area contributed by atoms with Crippen molar-refractivity contribution < 1.29 is 34.7 Å². The quantitative estimate of drug-likeness (QED) is 0.511. The Hall–Kier alpha value is -1.64. The van der Waals surface area contributed by atoms with E-state index < -0.39 is 22.7 Å². The SMILES string of the molecule is CC1(CO)CC[N-]CC1.O=C(Nc1ccc(F)c(Cl)c1)c1c[c-]ccc1.[CH2]=[Os+2]=[O]. The van der Waals surface area contributed by atoms with Crippen LogP contribution in [-0.4, -0.2) is 35.8 Å². The van der Waals surface area contributed by atoms with Crippen molar-refractivity contribution in [3.8, 4) is 0 Å². The van der Waals surface area contributed by atoms with Crippen LogP contribution in [0.4, 0.5) is 10.1 Å². The van der Waals surface area contributed by atoms with Gasteiger partial charge in [-0.3, -0.25) is 4.79 Å². The van der Waals surface area contributed by atoms with Crippen molar-refractivity contribution in [2.75, 3.05) is 25.0 Å². The molecule has 2 N–H and O–H groups in total. The molecule has 0 aliphatic carbocycles. The van der Waals surface area contributed by atoms with E-state index in [0.29, 0.717) is 17.9 Å². The number of rotatable bonds is 3. The topological polar surface area (TPSA) is 80.5 Å². The molecule has 158 valence electrons. The number of hydrogen-bond acceptors (Lipinski definition) is 3. The molecule has 29 heavy (non-hydrogen) atoms. The zero-order valence-corrected chi connectivity index (χ0v) is 19.4. The Balaban J connectivity index is 0.000000294. The minimum absolute atomic E-state index is 0.0255. The standard InChI is InChI=1S/C13H8ClFNO.C7H14NO.CH2.O.Os/c14-11-8-10(6-7-12(11)15)16-13(17)9-4-2-1-3-5-9;1-7(6-9)2-4-8-5-3-7;;;/h1-2,4-8H,(H,16,17);9H,2-6H2,1H3;1H2;;/q2*-1;;;+2. The normalized spacial score (nSPS) is 14.3. The molecule has 1 saturated heterocycles. The monoisotopic (exact) mass is 598 g/mol. The van der Waals surface area contributed by atoms with Crippen molar-refractivity contribution >= 4 is 28.3 Å². The Morgan fingerprint density at radius 3 is 2.55 bits per heavy atom. The van der Waals surface area contributed by atoms with Gasteiger partial charge in [0.05, 0.1) is 5.02 Å². The van der Waals surface area contributed by atoms with Crippen LogP contribution in [0.1, 0.15) is 30.1 Å². The molecule has 0 atom stereocenters. The first kappa shape index (κ1) is 25.4. The van der Waals surface area contributed by atoms with E-state index in [1.807, 2.05) is 0 Å². The van der Waals surface area contributed by atoms with Gasteiger partial charge in [-0.25, -0.2) is 4.39 Å². The van der Waals surface area contributed by atoms with Crippen molar-refractivity contribution in [3.63, 3.8) is 0 Å². The second kappa shape index (κ2) is 13.6. The molecule has 0 spiro atoms. The molecule has 1 fully saturated rings. The molecule has 0 radical (unpaired) electrons. The van der Waals surface area contributed by atoms with Crippen molar-refractivity contribution in [1.82, 2.24) is 0 Å². The van der Waals surface area contributed by atoms with Crippen LogP contribution in [-0.2, 0) is 20.4 Å².